The van der Waals surface area contributed by atoms with Crippen molar-refractivity contribution in [1.82, 2.24) is 10.2 Å². The molecule has 1 aliphatic rings. The minimum Gasteiger partial charge on any atom is -0.484 e. The molecule has 1 atom stereocenters. The zero-order valence-electron chi connectivity index (χ0n) is 17.6. The molecule has 5 nitrogen and oxygen atoms in total. The summed E-state index contributed by atoms with van der Waals surface area (Å²) in [5, 5.41) is 3.03. The number of carbonyl (C=O) groups is 2. The molecule has 160 valence electrons. The molecule has 1 aliphatic carbocycles. The summed E-state index contributed by atoms with van der Waals surface area (Å²) in [6.07, 6.45) is 4.11. The van der Waals surface area contributed by atoms with Crippen LogP contribution in [0.15, 0.2) is 48.5 Å². The summed E-state index contributed by atoms with van der Waals surface area (Å²) in [5.41, 5.74) is 1.45. The Labute approximate surface area is 177 Å². The Kier molecular flexibility index (Phi) is 7.44. The van der Waals surface area contributed by atoms with Crippen molar-refractivity contribution >= 4 is 11.8 Å². The van der Waals surface area contributed by atoms with Gasteiger partial charge in [-0.05, 0) is 44.9 Å². The zero-order valence-corrected chi connectivity index (χ0v) is 17.6. The molecule has 1 saturated carbocycles. The Morgan fingerprint density at radius 3 is 2.47 bits per heavy atom. The van der Waals surface area contributed by atoms with Gasteiger partial charge in [0.15, 0.2) is 6.61 Å². The molecule has 1 fully saturated rings. The maximum absolute atomic E-state index is 14.2. The maximum Gasteiger partial charge on any atom is 0.261 e. The van der Waals surface area contributed by atoms with Gasteiger partial charge in [0.1, 0.15) is 17.6 Å². The Bertz CT molecular complexity index is 863. The van der Waals surface area contributed by atoms with Crippen molar-refractivity contribution in [2.45, 2.75) is 58.2 Å². The largest absolute Gasteiger partial charge is 0.484 e. The highest BCUT2D eigenvalue weighted by Gasteiger charge is 2.29. The second-order valence-electron chi connectivity index (χ2n) is 7.88. The second-order valence-corrected chi connectivity index (χ2v) is 7.88. The predicted molar refractivity (Wildman–Crippen MR) is 113 cm³/mol. The van der Waals surface area contributed by atoms with Crippen LogP contribution in [0.2, 0.25) is 0 Å². The molecule has 6 heteroatoms. The molecule has 3 rings (SSSR count). The average Bonchev–Trinajstić information content (AvgIpc) is 3.25. The van der Waals surface area contributed by atoms with E-state index in [2.05, 4.69) is 5.32 Å². The third-order valence-electron chi connectivity index (χ3n) is 5.55. The predicted octanol–water partition coefficient (Wildman–Crippen LogP) is 3.99. The van der Waals surface area contributed by atoms with Gasteiger partial charge in [0.05, 0.1) is 0 Å². The molecule has 0 unspecified atom stereocenters. The van der Waals surface area contributed by atoms with Crippen LogP contribution in [-0.2, 0) is 16.1 Å². The van der Waals surface area contributed by atoms with E-state index >= 15 is 0 Å². The van der Waals surface area contributed by atoms with E-state index in [1.165, 1.54) is 11.0 Å². The number of rotatable bonds is 8. The van der Waals surface area contributed by atoms with E-state index < -0.39 is 11.9 Å². The van der Waals surface area contributed by atoms with Gasteiger partial charge in [0.25, 0.3) is 5.91 Å². The van der Waals surface area contributed by atoms with Crippen LogP contribution in [0.5, 0.6) is 5.75 Å². The third kappa shape index (κ3) is 5.81. The summed E-state index contributed by atoms with van der Waals surface area (Å²) < 4.78 is 19.8. The fraction of sp³-hybridized carbons (Fsp3) is 0.417. The van der Waals surface area contributed by atoms with E-state index in [9.17, 15) is 14.0 Å². The topological polar surface area (TPSA) is 58.6 Å². The Balaban J connectivity index is 1.71. The standard InChI is InChI=1S/C24H29FN2O3/c1-17-11-13-21(14-12-17)30-16-23(28)27(15-19-7-3-6-10-22(19)25)18(2)24(29)26-20-8-4-5-9-20/h3,6-7,10-14,18,20H,4-5,8-9,15-16H2,1-2H3,(H,26,29)/t18-/m1/s1. The van der Waals surface area contributed by atoms with Gasteiger partial charge in [0.2, 0.25) is 5.91 Å². The lowest BCUT2D eigenvalue weighted by molar-refractivity contribution is -0.142. The molecule has 0 bridgehead atoms. The second kappa shape index (κ2) is 10.2. The molecular weight excluding hydrogens is 383 g/mol. The molecule has 0 spiro atoms. The van der Waals surface area contributed by atoms with Gasteiger partial charge >= 0.3 is 0 Å². The number of amides is 2. The maximum atomic E-state index is 14.2. The van der Waals surface area contributed by atoms with E-state index in [0.29, 0.717) is 11.3 Å². The number of hydrogen-bond donors (Lipinski definition) is 1. The van der Waals surface area contributed by atoms with Crippen molar-refractivity contribution < 1.29 is 18.7 Å². The Morgan fingerprint density at radius 2 is 1.80 bits per heavy atom. The highest BCUT2D eigenvalue weighted by Crippen LogP contribution is 2.19. The third-order valence-corrected chi connectivity index (χ3v) is 5.55. The van der Waals surface area contributed by atoms with Gasteiger partial charge in [-0.2, -0.15) is 0 Å². The van der Waals surface area contributed by atoms with Gasteiger partial charge in [-0.25, -0.2) is 4.39 Å². The molecular formula is C24H29FN2O3. The van der Waals surface area contributed by atoms with Crippen LogP contribution in [0.3, 0.4) is 0 Å². The van der Waals surface area contributed by atoms with Crippen LogP contribution >= 0.6 is 0 Å². The van der Waals surface area contributed by atoms with Crippen LogP contribution in [0.1, 0.15) is 43.7 Å². The van der Waals surface area contributed by atoms with Gasteiger partial charge in [-0.15, -0.1) is 0 Å². The highest BCUT2D eigenvalue weighted by atomic mass is 19.1. The van der Waals surface area contributed by atoms with Crippen molar-refractivity contribution in [2.24, 2.45) is 0 Å². The van der Waals surface area contributed by atoms with Crippen LogP contribution in [-0.4, -0.2) is 35.4 Å². The number of nitrogens with zero attached hydrogens (tertiary/aromatic N) is 1. The van der Waals surface area contributed by atoms with Gasteiger partial charge in [0, 0.05) is 18.2 Å². The molecule has 0 heterocycles. The first kappa shape index (κ1) is 21.8. The molecule has 30 heavy (non-hydrogen) atoms. The number of hydrogen-bond acceptors (Lipinski definition) is 3. The van der Waals surface area contributed by atoms with Crippen molar-refractivity contribution in [3.05, 3.63) is 65.5 Å². The minimum absolute atomic E-state index is 0.00200. The number of nitrogens with one attached hydrogen (secondary N) is 1. The lowest BCUT2D eigenvalue weighted by Gasteiger charge is -2.29. The normalized spacial score (nSPS) is 14.9. The zero-order chi connectivity index (χ0) is 21.5. The number of carbonyl (C=O) groups excluding carboxylic acids is 2. The molecule has 0 aliphatic heterocycles. The van der Waals surface area contributed by atoms with E-state index in [-0.39, 0.29) is 31.0 Å². The molecule has 2 aromatic rings. The molecule has 2 aromatic carbocycles. The number of ether oxygens (including phenoxy) is 1. The molecule has 0 radical (unpaired) electrons. The van der Waals surface area contributed by atoms with E-state index in [4.69, 9.17) is 4.74 Å². The van der Waals surface area contributed by atoms with Crippen molar-refractivity contribution in [3.8, 4) is 5.75 Å². The summed E-state index contributed by atoms with van der Waals surface area (Å²) in [4.78, 5) is 27.2. The summed E-state index contributed by atoms with van der Waals surface area (Å²) in [6.45, 7) is 3.42. The van der Waals surface area contributed by atoms with E-state index in [1.54, 1.807) is 37.3 Å². The molecule has 2 amide bonds. The van der Waals surface area contributed by atoms with Crippen LogP contribution < -0.4 is 10.1 Å². The SMILES string of the molecule is Cc1ccc(OCC(=O)N(Cc2ccccc2F)[C@H](C)C(=O)NC2CCCC2)cc1. The van der Waals surface area contributed by atoms with Crippen molar-refractivity contribution in [1.29, 1.82) is 0 Å². The first-order chi connectivity index (χ1) is 14.4. The summed E-state index contributed by atoms with van der Waals surface area (Å²) >= 11 is 0. The number of aryl methyl sites for hydroxylation is 1. The van der Waals surface area contributed by atoms with Crippen LogP contribution in [0.25, 0.3) is 0 Å². The first-order valence-electron chi connectivity index (χ1n) is 10.5. The molecule has 1 N–H and O–H groups in total. The molecule has 0 aromatic heterocycles. The van der Waals surface area contributed by atoms with Crippen LogP contribution in [0.4, 0.5) is 4.39 Å². The van der Waals surface area contributed by atoms with Gasteiger partial charge in [-0.1, -0.05) is 48.7 Å². The first-order valence-corrected chi connectivity index (χ1v) is 10.5. The van der Waals surface area contributed by atoms with Crippen molar-refractivity contribution in [2.75, 3.05) is 6.61 Å². The Hall–Kier alpha value is -2.89. The fourth-order valence-electron chi connectivity index (χ4n) is 3.65. The summed E-state index contributed by atoms with van der Waals surface area (Å²) in [6, 6.07) is 13.1. The van der Waals surface area contributed by atoms with Crippen LogP contribution in [0, 0.1) is 12.7 Å². The fourth-order valence-corrected chi connectivity index (χ4v) is 3.65. The monoisotopic (exact) mass is 412 g/mol. The lowest BCUT2D eigenvalue weighted by Crippen LogP contribution is -2.50. The quantitative estimate of drug-likeness (QED) is 0.713. The number of halogens is 1. The van der Waals surface area contributed by atoms with Crippen molar-refractivity contribution in [3.63, 3.8) is 0 Å². The smallest absolute Gasteiger partial charge is 0.261 e. The molecule has 0 saturated heterocycles. The van der Waals surface area contributed by atoms with E-state index in [1.807, 2.05) is 19.1 Å². The lowest BCUT2D eigenvalue weighted by atomic mass is 10.1. The van der Waals surface area contributed by atoms with Gasteiger partial charge < -0.3 is 15.0 Å². The Morgan fingerprint density at radius 1 is 1.13 bits per heavy atom. The van der Waals surface area contributed by atoms with Gasteiger partial charge in [-0.3, -0.25) is 9.59 Å². The summed E-state index contributed by atoms with van der Waals surface area (Å²) in [5.74, 6) is -0.421. The van der Waals surface area contributed by atoms with E-state index in [0.717, 1.165) is 31.2 Å². The highest BCUT2D eigenvalue weighted by molar-refractivity contribution is 5.88. The average molecular weight is 413 g/mol. The number of benzene rings is 2. The summed E-state index contributed by atoms with van der Waals surface area (Å²) in [7, 11) is 0. The minimum atomic E-state index is -0.737.